The van der Waals surface area contributed by atoms with E-state index >= 15 is 0 Å². The van der Waals surface area contributed by atoms with Crippen LogP contribution in [0.2, 0.25) is 0 Å². The van der Waals surface area contributed by atoms with Crippen molar-refractivity contribution in [1.29, 1.82) is 0 Å². The van der Waals surface area contributed by atoms with Gasteiger partial charge in [0.15, 0.2) is 11.5 Å². The highest BCUT2D eigenvalue weighted by Gasteiger charge is 2.11. The summed E-state index contributed by atoms with van der Waals surface area (Å²) in [5, 5.41) is 20.6. The highest BCUT2D eigenvalue weighted by atomic mass is 16.3. The lowest BCUT2D eigenvalue weighted by atomic mass is 9.99. The van der Waals surface area contributed by atoms with Crippen molar-refractivity contribution in [1.82, 2.24) is 9.97 Å². The standard InChI is InChI=1S/C28H36N2O2/c1-3-4-7-11-23-15-16-24(28(32)27(23)31)12-9-6-5-8-10-22-14-18-26(30-20-22)25-17-13-21(2)19-29-25/h13-20,31-32H,3-12H2,1-2H3. The number of aryl methyl sites for hydroxylation is 4. The molecule has 4 nitrogen and oxygen atoms in total. The minimum absolute atomic E-state index is 0.0771. The van der Waals surface area contributed by atoms with E-state index in [1.165, 1.54) is 5.56 Å². The summed E-state index contributed by atoms with van der Waals surface area (Å²) < 4.78 is 0. The summed E-state index contributed by atoms with van der Waals surface area (Å²) in [6.45, 7) is 4.20. The summed E-state index contributed by atoms with van der Waals surface area (Å²) in [5.41, 5.74) is 5.93. The number of rotatable bonds is 12. The fraction of sp³-hybridized carbons (Fsp3) is 0.429. The first-order valence-electron chi connectivity index (χ1n) is 12.0. The van der Waals surface area contributed by atoms with Crippen LogP contribution in [0.4, 0.5) is 0 Å². The lowest BCUT2D eigenvalue weighted by Crippen LogP contribution is -1.93. The molecule has 0 atom stereocenters. The van der Waals surface area contributed by atoms with Gasteiger partial charge in [-0.15, -0.1) is 0 Å². The summed E-state index contributed by atoms with van der Waals surface area (Å²) in [4.78, 5) is 9.00. The van der Waals surface area contributed by atoms with Gasteiger partial charge in [-0.05, 0) is 79.8 Å². The van der Waals surface area contributed by atoms with E-state index in [0.717, 1.165) is 92.3 Å². The third kappa shape index (κ3) is 6.81. The first-order valence-corrected chi connectivity index (χ1v) is 12.0. The van der Waals surface area contributed by atoms with Gasteiger partial charge in [0.1, 0.15) is 0 Å². The van der Waals surface area contributed by atoms with Crippen LogP contribution in [0.15, 0.2) is 48.8 Å². The minimum atomic E-state index is 0.0771. The van der Waals surface area contributed by atoms with Gasteiger partial charge in [-0.2, -0.15) is 0 Å². The van der Waals surface area contributed by atoms with Gasteiger partial charge in [0.2, 0.25) is 0 Å². The maximum atomic E-state index is 10.3. The van der Waals surface area contributed by atoms with Gasteiger partial charge in [-0.1, -0.05) is 56.9 Å². The molecular weight excluding hydrogens is 396 g/mol. The van der Waals surface area contributed by atoms with Gasteiger partial charge >= 0.3 is 0 Å². The lowest BCUT2D eigenvalue weighted by molar-refractivity contribution is 0.393. The van der Waals surface area contributed by atoms with Crippen molar-refractivity contribution in [3.63, 3.8) is 0 Å². The molecule has 170 valence electrons. The fourth-order valence-electron chi connectivity index (χ4n) is 3.97. The average Bonchev–Trinajstić information content (AvgIpc) is 2.81. The smallest absolute Gasteiger partial charge is 0.160 e. The van der Waals surface area contributed by atoms with Crippen LogP contribution in [-0.4, -0.2) is 20.2 Å². The zero-order valence-electron chi connectivity index (χ0n) is 19.5. The van der Waals surface area contributed by atoms with E-state index < -0.39 is 0 Å². The summed E-state index contributed by atoms with van der Waals surface area (Å²) in [7, 11) is 0. The molecule has 4 heteroatoms. The van der Waals surface area contributed by atoms with E-state index in [-0.39, 0.29) is 11.5 Å². The predicted octanol–water partition coefficient (Wildman–Crippen LogP) is 6.94. The van der Waals surface area contributed by atoms with Gasteiger partial charge in [-0.25, -0.2) is 0 Å². The van der Waals surface area contributed by atoms with Crippen molar-refractivity contribution in [2.45, 2.75) is 78.1 Å². The third-order valence-electron chi connectivity index (χ3n) is 6.03. The molecule has 0 saturated carbocycles. The summed E-state index contributed by atoms with van der Waals surface area (Å²) in [6, 6.07) is 12.2. The monoisotopic (exact) mass is 432 g/mol. The van der Waals surface area contributed by atoms with E-state index in [2.05, 4.69) is 29.0 Å². The fourth-order valence-corrected chi connectivity index (χ4v) is 3.97. The van der Waals surface area contributed by atoms with Crippen molar-refractivity contribution in [2.75, 3.05) is 0 Å². The Kier molecular flexibility index (Phi) is 9.09. The molecule has 32 heavy (non-hydrogen) atoms. The summed E-state index contributed by atoms with van der Waals surface area (Å²) in [6.07, 6.45) is 14.2. The topological polar surface area (TPSA) is 66.2 Å². The van der Waals surface area contributed by atoms with E-state index in [1.807, 2.05) is 43.6 Å². The molecule has 0 unspecified atom stereocenters. The summed E-state index contributed by atoms with van der Waals surface area (Å²) >= 11 is 0. The van der Waals surface area contributed by atoms with Crippen LogP contribution in [0.3, 0.4) is 0 Å². The first-order chi connectivity index (χ1) is 15.6. The third-order valence-corrected chi connectivity index (χ3v) is 6.03. The molecule has 1 aromatic carbocycles. The number of hydrogen-bond acceptors (Lipinski definition) is 4. The molecule has 0 radical (unpaired) electrons. The number of unbranched alkanes of at least 4 members (excludes halogenated alkanes) is 5. The molecule has 0 aliphatic carbocycles. The van der Waals surface area contributed by atoms with Crippen molar-refractivity contribution in [3.8, 4) is 22.9 Å². The Hall–Kier alpha value is -2.88. The Morgan fingerprint density at radius 2 is 1.19 bits per heavy atom. The van der Waals surface area contributed by atoms with Crippen LogP contribution < -0.4 is 0 Å². The van der Waals surface area contributed by atoms with Gasteiger partial charge in [0, 0.05) is 12.4 Å². The molecule has 0 aliphatic heterocycles. The maximum Gasteiger partial charge on any atom is 0.160 e. The zero-order chi connectivity index (χ0) is 22.8. The number of phenols is 2. The molecule has 2 heterocycles. The van der Waals surface area contributed by atoms with Gasteiger partial charge < -0.3 is 10.2 Å². The lowest BCUT2D eigenvalue weighted by Gasteiger charge is -2.11. The van der Waals surface area contributed by atoms with Crippen molar-refractivity contribution in [3.05, 3.63) is 71.0 Å². The van der Waals surface area contributed by atoms with Gasteiger partial charge in [0.05, 0.1) is 11.4 Å². The number of pyridine rings is 2. The quantitative estimate of drug-likeness (QED) is 0.240. The van der Waals surface area contributed by atoms with E-state index in [9.17, 15) is 10.2 Å². The van der Waals surface area contributed by atoms with Crippen molar-refractivity contribution >= 4 is 0 Å². The molecule has 2 aromatic heterocycles. The van der Waals surface area contributed by atoms with E-state index in [4.69, 9.17) is 0 Å². The Bertz CT molecular complexity index is 966. The van der Waals surface area contributed by atoms with Crippen LogP contribution in [0.25, 0.3) is 11.4 Å². The molecule has 0 saturated heterocycles. The Balaban J connectivity index is 1.38. The number of phenolic OH excluding ortho intramolecular Hbond substituents is 2. The maximum absolute atomic E-state index is 10.3. The van der Waals surface area contributed by atoms with Gasteiger partial charge in [-0.3, -0.25) is 9.97 Å². The second-order valence-electron chi connectivity index (χ2n) is 8.72. The highest BCUT2D eigenvalue weighted by Crippen LogP contribution is 2.34. The van der Waals surface area contributed by atoms with Crippen molar-refractivity contribution < 1.29 is 10.2 Å². The molecule has 0 fully saturated rings. The molecule has 3 rings (SSSR count). The molecule has 0 spiro atoms. The van der Waals surface area contributed by atoms with Crippen LogP contribution >= 0.6 is 0 Å². The number of nitrogens with zero attached hydrogens (tertiary/aromatic N) is 2. The Labute approximate surface area is 192 Å². The normalized spacial score (nSPS) is 11.1. The molecule has 0 aliphatic rings. The van der Waals surface area contributed by atoms with Crippen molar-refractivity contribution in [2.24, 2.45) is 0 Å². The van der Waals surface area contributed by atoms with Crippen LogP contribution in [0.1, 0.15) is 74.1 Å². The molecule has 0 amide bonds. The SMILES string of the molecule is CCCCCc1ccc(CCCCCCc2ccc(-c3ccc(C)cn3)nc2)c(O)c1O. The van der Waals surface area contributed by atoms with Gasteiger partial charge in [0.25, 0.3) is 0 Å². The number of aromatic hydroxyl groups is 2. The van der Waals surface area contributed by atoms with E-state index in [1.54, 1.807) is 0 Å². The number of benzene rings is 1. The molecule has 0 bridgehead atoms. The van der Waals surface area contributed by atoms with Crippen LogP contribution in [0.5, 0.6) is 11.5 Å². The molecular formula is C28H36N2O2. The predicted molar refractivity (Wildman–Crippen MR) is 131 cm³/mol. The minimum Gasteiger partial charge on any atom is -0.504 e. The Morgan fingerprint density at radius 3 is 1.72 bits per heavy atom. The second-order valence-corrected chi connectivity index (χ2v) is 8.72. The Morgan fingerprint density at radius 1 is 0.625 bits per heavy atom. The largest absolute Gasteiger partial charge is 0.504 e. The molecule has 2 N–H and O–H groups in total. The second kappa shape index (κ2) is 12.2. The first kappa shape index (κ1) is 23.8. The number of aromatic nitrogens is 2. The summed E-state index contributed by atoms with van der Waals surface area (Å²) in [5.74, 6) is 0.156. The number of hydrogen-bond donors (Lipinski definition) is 2. The average molecular weight is 433 g/mol. The van der Waals surface area contributed by atoms with Crippen LogP contribution in [-0.2, 0) is 19.3 Å². The van der Waals surface area contributed by atoms with E-state index in [0.29, 0.717) is 0 Å². The van der Waals surface area contributed by atoms with Crippen LogP contribution in [0, 0.1) is 6.92 Å². The zero-order valence-corrected chi connectivity index (χ0v) is 19.5. The molecule has 3 aromatic rings. The highest BCUT2D eigenvalue weighted by molar-refractivity contribution is 5.54.